The predicted octanol–water partition coefficient (Wildman–Crippen LogP) is 5.39. The second-order valence-electron chi connectivity index (χ2n) is 5.54. The van der Waals surface area contributed by atoms with Crippen molar-refractivity contribution in [3.8, 4) is 28.3 Å². The molecule has 136 valence electrons. The van der Waals surface area contributed by atoms with Crippen LogP contribution in [-0.4, -0.2) is 29.7 Å². The lowest BCUT2D eigenvalue weighted by Gasteiger charge is -2.09. The molecule has 0 radical (unpaired) electrons. The van der Waals surface area contributed by atoms with Crippen LogP contribution in [0.1, 0.15) is 12.8 Å². The quantitative estimate of drug-likeness (QED) is 0.389. The normalized spacial score (nSPS) is 10.9. The third-order valence-corrected chi connectivity index (χ3v) is 4.65. The fraction of sp³-hybridized carbons (Fsp3) is 0.263. The summed E-state index contributed by atoms with van der Waals surface area (Å²) < 4.78 is 36.7. The van der Waals surface area contributed by atoms with Crippen LogP contribution in [0.3, 0.4) is 0 Å². The Morgan fingerprint density at radius 3 is 2.73 bits per heavy atom. The van der Waals surface area contributed by atoms with Crippen LogP contribution in [0.25, 0.3) is 22.6 Å². The molecule has 0 fully saturated rings. The van der Waals surface area contributed by atoms with Crippen molar-refractivity contribution in [1.29, 1.82) is 0 Å². The van der Waals surface area contributed by atoms with E-state index in [2.05, 4.69) is 10.2 Å². The molecule has 3 aromatic rings. The van der Waals surface area contributed by atoms with Crippen molar-refractivity contribution in [3.63, 3.8) is 0 Å². The Morgan fingerprint density at radius 1 is 1.08 bits per heavy atom. The van der Waals surface area contributed by atoms with Crippen LogP contribution < -0.4 is 4.74 Å². The Bertz CT molecular complexity index is 870. The van der Waals surface area contributed by atoms with Gasteiger partial charge in [-0.05, 0) is 48.7 Å². The van der Waals surface area contributed by atoms with Crippen molar-refractivity contribution in [2.45, 2.75) is 18.1 Å². The molecule has 0 amide bonds. The molecule has 1 heterocycles. The van der Waals surface area contributed by atoms with Gasteiger partial charge in [-0.1, -0.05) is 23.9 Å². The van der Waals surface area contributed by atoms with Crippen LogP contribution in [-0.2, 0) is 0 Å². The summed E-state index contributed by atoms with van der Waals surface area (Å²) in [6.07, 6.45) is 1.29. The summed E-state index contributed by atoms with van der Waals surface area (Å²) in [4.78, 5) is 0. The molecule has 0 unspecified atom stereocenters. The molecule has 26 heavy (non-hydrogen) atoms. The lowest BCUT2D eigenvalue weighted by molar-refractivity contribution is 0.415. The second-order valence-corrected chi connectivity index (χ2v) is 6.59. The van der Waals surface area contributed by atoms with Gasteiger partial charge < -0.3 is 9.15 Å². The average Bonchev–Trinajstić information content (AvgIpc) is 3.14. The smallest absolute Gasteiger partial charge is 0.276 e. The van der Waals surface area contributed by atoms with Crippen molar-refractivity contribution in [2.75, 3.05) is 19.5 Å². The maximum absolute atomic E-state index is 13.6. The Hall–Kier alpha value is -2.41. The maximum atomic E-state index is 13.6. The van der Waals surface area contributed by atoms with Crippen LogP contribution in [0.4, 0.5) is 8.78 Å². The van der Waals surface area contributed by atoms with Gasteiger partial charge in [0.15, 0.2) is 0 Å². The number of aromatic nitrogens is 2. The largest absolute Gasteiger partial charge is 0.496 e. The molecule has 1 aromatic heterocycles. The number of alkyl halides is 1. The molecule has 4 nitrogen and oxygen atoms in total. The number of halogens is 2. The molecule has 0 spiro atoms. The lowest BCUT2D eigenvalue weighted by Crippen LogP contribution is -1.90. The second kappa shape index (κ2) is 8.80. The highest BCUT2D eigenvalue weighted by Gasteiger charge is 2.12. The van der Waals surface area contributed by atoms with E-state index in [1.807, 2.05) is 24.3 Å². The van der Waals surface area contributed by atoms with E-state index in [-0.39, 0.29) is 12.5 Å². The highest BCUT2D eigenvalue weighted by molar-refractivity contribution is 7.99. The summed E-state index contributed by atoms with van der Waals surface area (Å²) in [5.74, 6) is 1.36. The van der Waals surface area contributed by atoms with E-state index in [1.165, 1.54) is 23.9 Å². The molecule has 0 saturated heterocycles. The van der Waals surface area contributed by atoms with Crippen molar-refractivity contribution in [2.24, 2.45) is 0 Å². The highest BCUT2D eigenvalue weighted by atomic mass is 32.2. The molecule has 3 rings (SSSR count). The van der Waals surface area contributed by atoms with E-state index < -0.39 is 0 Å². The fourth-order valence-electron chi connectivity index (χ4n) is 2.47. The van der Waals surface area contributed by atoms with E-state index >= 15 is 0 Å². The topological polar surface area (TPSA) is 48.2 Å². The first kappa shape index (κ1) is 18.4. The molecule has 2 aromatic carbocycles. The predicted molar refractivity (Wildman–Crippen MR) is 97.6 cm³/mol. The van der Waals surface area contributed by atoms with Gasteiger partial charge in [-0.15, -0.1) is 10.2 Å². The van der Waals surface area contributed by atoms with Gasteiger partial charge in [-0.2, -0.15) is 0 Å². The third-order valence-electron chi connectivity index (χ3n) is 3.74. The standard InChI is InChI=1S/C19H18F2N2O2S/c1-24-17-8-7-15(21)12-16(17)13-5-4-6-14(11-13)18-22-23-19(25-18)26-10-3-2-9-20/h4-8,11-12H,2-3,9-10H2,1H3. The third kappa shape index (κ3) is 4.40. The lowest BCUT2D eigenvalue weighted by atomic mass is 10.0. The van der Waals surface area contributed by atoms with Gasteiger partial charge in [0.1, 0.15) is 11.6 Å². The summed E-state index contributed by atoms with van der Waals surface area (Å²) in [5, 5.41) is 8.52. The first-order chi connectivity index (χ1) is 12.7. The van der Waals surface area contributed by atoms with Crippen molar-refractivity contribution >= 4 is 11.8 Å². The molecule has 0 atom stereocenters. The number of methoxy groups -OCH3 is 1. The molecule has 0 aliphatic carbocycles. The van der Waals surface area contributed by atoms with Crippen LogP contribution in [0.15, 0.2) is 52.1 Å². The summed E-state index contributed by atoms with van der Waals surface area (Å²) in [6.45, 7) is -0.314. The Kier molecular flexibility index (Phi) is 6.22. The van der Waals surface area contributed by atoms with Crippen LogP contribution in [0.5, 0.6) is 5.75 Å². The molecule has 7 heteroatoms. The molecule has 0 aliphatic heterocycles. The maximum Gasteiger partial charge on any atom is 0.276 e. The van der Waals surface area contributed by atoms with E-state index in [0.29, 0.717) is 28.8 Å². The first-order valence-electron chi connectivity index (χ1n) is 8.18. The Balaban J connectivity index is 1.82. The van der Waals surface area contributed by atoms with E-state index in [4.69, 9.17) is 9.15 Å². The number of rotatable bonds is 8. The van der Waals surface area contributed by atoms with Crippen molar-refractivity contribution in [3.05, 3.63) is 48.3 Å². The summed E-state index contributed by atoms with van der Waals surface area (Å²) in [5.41, 5.74) is 2.17. The van der Waals surface area contributed by atoms with Crippen LogP contribution in [0.2, 0.25) is 0 Å². The van der Waals surface area contributed by atoms with Crippen LogP contribution in [0, 0.1) is 5.82 Å². The minimum absolute atomic E-state index is 0.314. The van der Waals surface area contributed by atoms with Crippen molar-refractivity contribution in [1.82, 2.24) is 10.2 Å². The summed E-state index contributed by atoms with van der Waals surface area (Å²) >= 11 is 1.41. The zero-order chi connectivity index (χ0) is 18.4. The number of hydrogen-bond donors (Lipinski definition) is 0. The molecular formula is C19H18F2N2O2S. The molecule has 0 aliphatic rings. The molecule has 0 bridgehead atoms. The summed E-state index contributed by atoms with van der Waals surface area (Å²) in [7, 11) is 1.55. The van der Waals surface area contributed by atoms with Gasteiger partial charge >= 0.3 is 0 Å². The molecular weight excluding hydrogens is 358 g/mol. The SMILES string of the molecule is COc1ccc(F)cc1-c1cccc(-c2nnc(SCCCCF)o2)c1. The number of ether oxygens (including phenoxy) is 1. The number of nitrogens with zero attached hydrogens (tertiary/aromatic N) is 2. The van der Waals surface area contributed by atoms with E-state index in [1.54, 1.807) is 13.2 Å². The van der Waals surface area contributed by atoms with Gasteiger partial charge in [-0.3, -0.25) is 4.39 Å². The van der Waals surface area contributed by atoms with E-state index in [0.717, 1.165) is 23.3 Å². The molecule has 0 N–H and O–H groups in total. The van der Waals surface area contributed by atoms with Gasteiger partial charge in [-0.25, -0.2) is 4.39 Å². The minimum Gasteiger partial charge on any atom is -0.496 e. The van der Waals surface area contributed by atoms with Gasteiger partial charge in [0.25, 0.3) is 5.22 Å². The number of hydrogen-bond acceptors (Lipinski definition) is 5. The Morgan fingerprint density at radius 2 is 1.92 bits per heavy atom. The summed E-state index contributed by atoms with van der Waals surface area (Å²) in [6, 6.07) is 11.8. The number of thioether (sulfide) groups is 1. The number of benzene rings is 2. The minimum atomic E-state index is -0.337. The van der Waals surface area contributed by atoms with Crippen molar-refractivity contribution < 1.29 is 17.9 Å². The fourth-order valence-corrected chi connectivity index (χ4v) is 3.23. The van der Waals surface area contributed by atoms with Gasteiger partial charge in [0, 0.05) is 16.9 Å². The highest BCUT2D eigenvalue weighted by Crippen LogP contribution is 2.33. The zero-order valence-corrected chi connectivity index (χ0v) is 15.1. The van der Waals surface area contributed by atoms with E-state index in [9.17, 15) is 8.78 Å². The van der Waals surface area contributed by atoms with Gasteiger partial charge in [0.05, 0.1) is 13.8 Å². The zero-order valence-electron chi connectivity index (χ0n) is 14.2. The molecule has 0 saturated carbocycles. The average molecular weight is 376 g/mol. The monoisotopic (exact) mass is 376 g/mol. The van der Waals surface area contributed by atoms with Gasteiger partial charge in [0.2, 0.25) is 5.89 Å². The number of unbranched alkanes of at least 4 members (excludes halogenated alkanes) is 1. The van der Waals surface area contributed by atoms with Crippen LogP contribution >= 0.6 is 11.8 Å². The Labute approximate surface area is 154 Å². The first-order valence-corrected chi connectivity index (χ1v) is 9.16.